The van der Waals surface area contributed by atoms with Crippen LogP contribution in [-0.4, -0.2) is 0 Å². The first-order valence-corrected chi connectivity index (χ1v) is 4.78. The fourth-order valence-electron chi connectivity index (χ4n) is 1.25. The van der Waals surface area contributed by atoms with Crippen LogP contribution in [0.3, 0.4) is 0 Å². The van der Waals surface area contributed by atoms with E-state index in [2.05, 4.69) is 0 Å². The molecule has 1 aromatic carbocycles. The summed E-state index contributed by atoms with van der Waals surface area (Å²) in [6.45, 7) is 1.86. The van der Waals surface area contributed by atoms with E-state index < -0.39 is 22.8 Å². The van der Waals surface area contributed by atoms with Gasteiger partial charge in [0.1, 0.15) is 17.5 Å². The maximum atomic E-state index is 13.1. The highest BCUT2D eigenvalue weighted by Gasteiger charge is 2.18. The molecular weight excluding hydrogens is 213 g/mol. The third-order valence-corrected chi connectivity index (χ3v) is 2.34. The number of hydrogen-bond donors (Lipinski definition) is 0. The van der Waals surface area contributed by atoms with Gasteiger partial charge in [-0.2, -0.15) is 0 Å². The molecule has 0 bridgehead atoms. The molecule has 1 atom stereocenters. The first-order chi connectivity index (χ1) is 6.56. The van der Waals surface area contributed by atoms with Crippen molar-refractivity contribution in [2.75, 3.05) is 0 Å². The molecule has 1 rings (SSSR count). The van der Waals surface area contributed by atoms with E-state index in [9.17, 15) is 13.2 Å². The quantitative estimate of drug-likeness (QED) is 0.673. The van der Waals surface area contributed by atoms with Crippen molar-refractivity contribution in [3.63, 3.8) is 0 Å². The molecule has 0 aliphatic heterocycles. The molecule has 0 aliphatic rings. The lowest BCUT2D eigenvalue weighted by molar-refractivity contribution is 0.516. The van der Waals surface area contributed by atoms with Crippen LogP contribution in [0.1, 0.15) is 30.7 Å². The van der Waals surface area contributed by atoms with Crippen molar-refractivity contribution in [2.45, 2.75) is 25.1 Å². The molecule has 14 heavy (non-hydrogen) atoms. The van der Waals surface area contributed by atoms with Crippen LogP contribution in [0.15, 0.2) is 12.1 Å². The second kappa shape index (κ2) is 4.69. The Hall–Kier alpha value is -0.700. The van der Waals surface area contributed by atoms with Crippen LogP contribution in [0.25, 0.3) is 0 Å². The van der Waals surface area contributed by atoms with E-state index in [1.54, 1.807) is 0 Å². The van der Waals surface area contributed by atoms with Crippen LogP contribution >= 0.6 is 11.6 Å². The monoisotopic (exact) mass is 222 g/mol. The molecule has 0 nitrogen and oxygen atoms in total. The summed E-state index contributed by atoms with van der Waals surface area (Å²) >= 11 is 5.77. The van der Waals surface area contributed by atoms with Gasteiger partial charge in [0.05, 0.1) is 5.38 Å². The summed E-state index contributed by atoms with van der Waals surface area (Å²) in [5.74, 6) is -2.77. The van der Waals surface area contributed by atoms with E-state index in [0.29, 0.717) is 25.0 Å². The molecule has 1 unspecified atom stereocenters. The van der Waals surface area contributed by atoms with Crippen molar-refractivity contribution in [3.8, 4) is 0 Å². The van der Waals surface area contributed by atoms with Gasteiger partial charge in [-0.05, 0) is 6.42 Å². The predicted octanol–water partition coefficient (Wildman–Crippen LogP) is 4.18. The molecular formula is C10H10ClF3. The van der Waals surface area contributed by atoms with Gasteiger partial charge in [0.25, 0.3) is 0 Å². The SMILES string of the molecule is CCCC(Cl)c1c(F)cc(F)cc1F. The van der Waals surface area contributed by atoms with Crippen LogP contribution in [0.5, 0.6) is 0 Å². The zero-order valence-corrected chi connectivity index (χ0v) is 8.41. The van der Waals surface area contributed by atoms with E-state index in [0.717, 1.165) is 0 Å². The molecule has 0 fully saturated rings. The molecule has 0 saturated carbocycles. The summed E-state index contributed by atoms with van der Waals surface area (Å²) in [6.07, 6.45) is 1.17. The smallest absolute Gasteiger partial charge is 0.133 e. The van der Waals surface area contributed by atoms with Crippen molar-refractivity contribution in [3.05, 3.63) is 35.1 Å². The summed E-state index contributed by atoms with van der Waals surface area (Å²) in [5, 5.41) is -0.736. The Morgan fingerprint density at radius 3 is 2.14 bits per heavy atom. The molecule has 0 aromatic heterocycles. The van der Waals surface area contributed by atoms with Gasteiger partial charge in [-0.15, -0.1) is 11.6 Å². The van der Waals surface area contributed by atoms with Crippen LogP contribution in [-0.2, 0) is 0 Å². The fraction of sp³-hybridized carbons (Fsp3) is 0.400. The molecule has 0 heterocycles. The number of hydrogen-bond acceptors (Lipinski definition) is 0. The van der Waals surface area contributed by atoms with Crippen molar-refractivity contribution in [2.24, 2.45) is 0 Å². The van der Waals surface area contributed by atoms with Crippen LogP contribution < -0.4 is 0 Å². The summed E-state index contributed by atoms with van der Waals surface area (Å²) < 4.78 is 38.8. The Kier molecular flexibility index (Phi) is 3.81. The molecule has 0 aliphatic carbocycles. The van der Waals surface area contributed by atoms with Gasteiger partial charge < -0.3 is 0 Å². The maximum Gasteiger partial charge on any atom is 0.133 e. The van der Waals surface area contributed by atoms with E-state index in [1.807, 2.05) is 6.92 Å². The lowest BCUT2D eigenvalue weighted by Crippen LogP contribution is -2.00. The number of benzene rings is 1. The summed E-state index contributed by atoms with van der Waals surface area (Å²) in [7, 11) is 0. The van der Waals surface area contributed by atoms with Crippen LogP contribution in [0, 0.1) is 17.5 Å². The van der Waals surface area contributed by atoms with Crippen molar-refractivity contribution in [1.29, 1.82) is 0 Å². The summed E-state index contributed by atoms with van der Waals surface area (Å²) in [6, 6.07) is 1.28. The molecule has 0 N–H and O–H groups in total. The van der Waals surface area contributed by atoms with Gasteiger partial charge in [-0.25, -0.2) is 13.2 Å². The topological polar surface area (TPSA) is 0 Å². The lowest BCUT2D eigenvalue weighted by Gasteiger charge is -2.10. The Balaban J connectivity index is 3.07. The van der Waals surface area contributed by atoms with E-state index in [1.165, 1.54) is 0 Å². The van der Waals surface area contributed by atoms with Crippen LogP contribution in [0.4, 0.5) is 13.2 Å². The molecule has 1 aromatic rings. The molecule has 78 valence electrons. The van der Waals surface area contributed by atoms with Crippen molar-refractivity contribution < 1.29 is 13.2 Å². The maximum absolute atomic E-state index is 13.1. The standard InChI is InChI=1S/C10H10ClF3/c1-2-3-7(11)10-8(13)4-6(12)5-9(10)14/h4-5,7H,2-3H2,1H3. The second-order valence-corrected chi connectivity index (χ2v) is 3.57. The van der Waals surface area contributed by atoms with Gasteiger partial charge >= 0.3 is 0 Å². The molecule has 0 amide bonds. The highest BCUT2D eigenvalue weighted by Crippen LogP contribution is 2.30. The molecule has 4 heteroatoms. The molecule has 0 spiro atoms. The predicted molar refractivity (Wildman–Crippen MR) is 49.8 cm³/mol. The minimum atomic E-state index is -0.927. The first kappa shape index (κ1) is 11.4. The van der Waals surface area contributed by atoms with Gasteiger partial charge in [0, 0.05) is 17.7 Å². The minimum Gasteiger partial charge on any atom is -0.207 e. The molecule has 0 saturated heterocycles. The summed E-state index contributed by atoms with van der Waals surface area (Å²) in [5.41, 5.74) is -0.241. The number of halogens is 4. The largest absolute Gasteiger partial charge is 0.207 e. The minimum absolute atomic E-state index is 0.241. The average molecular weight is 223 g/mol. The number of rotatable bonds is 3. The van der Waals surface area contributed by atoms with Gasteiger partial charge in [0.15, 0.2) is 0 Å². The lowest BCUT2D eigenvalue weighted by atomic mass is 10.1. The third-order valence-electron chi connectivity index (χ3n) is 1.90. The van der Waals surface area contributed by atoms with Crippen molar-refractivity contribution in [1.82, 2.24) is 0 Å². The average Bonchev–Trinajstić information content (AvgIpc) is 2.01. The third kappa shape index (κ3) is 2.41. The zero-order valence-electron chi connectivity index (χ0n) is 7.66. The van der Waals surface area contributed by atoms with Gasteiger partial charge in [-0.1, -0.05) is 13.3 Å². The van der Waals surface area contributed by atoms with E-state index in [4.69, 9.17) is 11.6 Å². The van der Waals surface area contributed by atoms with Crippen molar-refractivity contribution >= 4 is 11.6 Å². The summed E-state index contributed by atoms with van der Waals surface area (Å²) in [4.78, 5) is 0. The second-order valence-electron chi connectivity index (χ2n) is 3.04. The van der Waals surface area contributed by atoms with Gasteiger partial charge in [-0.3, -0.25) is 0 Å². The normalized spacial score (nSPS) is 12.9. The Morgan fingerprint density at radius 2 is 1.71 bits per heavy atom. The first-order valence-electron chi connectivity index (χ1n) is 4.34. The van der Waals surface area contributed by atoms with E-state index in [-0.39, 0.29) is 5.56 Å². The number of alkyl halides is 1. The molecule has 0 radical (unpaired) electrons. The highest BCUT2D eigenvalue weighted by atomic mass is 35.5. The Bertz CT molecular complexity index is 302. The highest BCUT2D eigenvalue weighted by molar-refractivity contribution is 6.20. The zero-order chi connectivity index (χ0) is 10.7. The van der Waals surface area contributed by atoms with Crippen LogP contribution in [0.2, 0.25) is 0 Å². The Morgan fingerprint density at radius 1 is 1.21 bits per heavy atom. The van der Waals surface area contributed by atoms with Gasteiger partial charge in [0.2, 0.25) is 0 Å². The van der Waals surface area contributed by atoms with E-state index >= 15 is 0 Å². The Labute approximate surface area is 85.7 Å². The fourth-order valence-corrected chi connectivity index (χ4v) is 1.68.